The number of hydrogen-bond donors (Lipinski definition) is 2. The highest BCUT2D eigenvalue weighted by molar-refractivity contribution is 7.89. The number of sulfonamides is 2. The van der Waals surface area contributed by atoms with Crippen LogP contribution in [0.25, 0.3) is 0 Å². The Kier molecular flexibility index (Phi) is 10.1. The van der Waals surface area contributed by atoms with E-state index >= 15 is 0 Å². The van der Waals surface area contributed by atoms with Crippen LogP contribution in [0.1, 0.15) is 35.1 Å². The topological polar surface area (TPSA) is 98.8 Å². The summed E-state index contributed by atoms with van der Waals surface area (Å²) < 4.78 is 56.0. The summed E-state index contributed by atoms with van der Waals surface area (Å²) in [7, 11) is -6.99. The standard InChI is InChI=1S/C26H40N4O4S2/c1-21-7-9-23(3)25(19-21)35(31,32)27-11-5-13-29-15-17-30(18-16-29)14-6-12-28-36(33,34)26-20-22(2)8-10-24(26)4/h7-10,19-20,27-28H,5-6,11-18H2,1-4H3. The molecule has 10 heteroatoms. The zero-order valence-electron chi connectivity index (χ0n) is 21.9. The molecule has 3 rings (SSSR count). The van der Waals surface area contributed by atoms with Crippen LogP contribution in [-0.2, 0) is 20.0 Å². The van der Waals surface area contributed by atoms with Crippen molar-refractivity contribution in [2.75, 3.05) is 52.4 Å². The molecule has 0 radical (unpaired) electrons. The number of nitrogens with zero attached hydrogens (tertiary/aromatic N) is 2. The molecule has 0 bridgehead atoms. The summed E-state index contributed by atoms with van der Waals surface area (Å²) in [5.41, 5.74) is 3.36. The van der Waals surface area contributed by atoms with E-state index in [1.807, 2.05) is 52.0 Å². The number of nitrogens with one attached hydrogen (secondary N) is 2. The molecule has 200 valence electrons. The van der Waals surface area contributed by atoms with Gasteiger partial charge in [0.25, 0.3) is 0 Å². The van der Waals surface area contributed by atoms with Crippen LogP contribution < -0.4 is 9.44 Å². The molecule has 0 spiro atoms. The molecule has 1 fully saturated rings. The van der Waals surface area contributed by atoms with Gasteiger partial charge in [-0.3, -0.25) is 0 Å². The molecule has 0 saturated carbocycles. The van der Waals surface area contributed by atoms with Crippen LogP contribution in [0.15, 0.2) is 46.2 Å². The summed E-state index contributed by atoms with van der Waals surface area (Å²) in [5.74, 6) is 0. The van der Waals surface area contributed by atoms with Gasteiger partial charge in [0.15, 0.2) is 0 Å². The van der Waals surface area contributed by atoms with Crippen molar-refractivity contribution in [1.82, 2.24) is 19.2 Å². The van der Waals surface area contributed by atoms with Gasteiger partial charge >= 0.3 is 0 Å². The van der Waals surface area contributed by atoms with Crippen molar-refractivity contribution in [3.63, 3.8) is 0 Å². The lowest BCUT2D eigenvalue weighted by atomic mass is 10.2. The van der Waals surface area contributed by atoms with Crippen LogP contribution in [-0.4, -0.2) is 79.0 Å². The molecule has 1 heterocycles. The molecular formula is C26H40N4O4S2. The van der Waals surface area contributed by atoms with Gasteiger partial charge in [0.05, 0.1) is 9.79 Å². The second-order valence-corrected chi connectivity index (χ2v) is 13.2. The minimum atomic E-state index is -3.50. The Labute approximate surface area is 217 Å². The SMILES string of the molecule is Cc1ccc(C)c(S(=O)(=O)NCCCN2CCN(CCCNS(=O)(=O)c3cc(C)ccc3C)CC2)c1. The van der Waals surface area contributed by atoms with Gasteiger partial charge in [-0.25, -0.2) is 26.3 Å². The minimum absolute atomic E-state index is 0.354. The number of hydrogen-bond acceptors (Lipinski definition) is 6. The Bertz CT molecular complexity index is 1140. The highest BCUT2D eigenvalue weighted by Gasteiger charge is 2.20. The maximum Gasteiger partial charge on any atom is 0.240 e. The lowest BCUT2D eigenvalue weighted by Crippen LogP contribution is -2.47. The van der Waals surface area contributed by atoms with Gasteiger partial charge in [0.2, 0.25) is 20.0 Å². The van der Waals surface area contributed by atoms with E-state index in [0.717, 1.165) is 74.4 Å². The Hall–Kier alpha value is -1.82. The lowest BCUT2D eigenvalue weighted by molar-refractivity contribution is 0.131. The molecule has 1 saturated heterocycles. The molecule has 2 aromatic carbocycles. The van der Waals surface area contributed by atoms with Crippen LogP contribution in [0.5, 0.6) is 0 Å². The van der Waals surface area contributed by atoms with Gasteiger partial charge in [-0.15, -0.1) is 0 Å². The summed E-state index contributed by atoms with van der Waals surface area (Å²) in [6.07, 6.45) is 1.51. The van der Waals surface area contributed by atoms with Crippen molar-refractivity contribution >= 4 is 20.0 Å². The second kappa shape index (κ2) is 12.6. The number of piperazine rings is 1. The van der Waals surface area contributed by atoms with E-state index in [9.17, 15) is 16.8 Å². The lowest BCUT2D eigenvalue weighted by Gasteiger charge is -2.34. The monoisotopic (exact) mass is 536 g/mol. The fourth-order valence-corrected chi connectivity index (χ4v) is 7.21. The Morgan fingerprint density at radius 2 is 1.00 bits per heavy atom. The molecule has 0 amide bonds. The quantitative estimate of drug-likeness (QED) is 0.405. The molecule has 0 aliphatic carbocycles. The third-order valence-corrected chi connectivity index (χ3v) is 9.82. The second-order valence-electron chi connectivity index (χ2n) is 9.72. The highest BCUT2D eigenvalue weighted by Crippen LogP contribution is 2.17. The van der Waals surface area contributed by atoms with Gasteiger partial charge in [-0.1, -0.05) is 24.3 Å². The van der Waals surface area contributed by atoms with Crippen molar-refractivity contribution < 1.29 is 16.8 Å². The number of aryl methyl sites for hydroxylation is 4. The van der Waals surface area contributed by atoms with Crippen LogP contribution in [0.3, 0.4) is 0 Å². The molecule has 0 unspecified atom stereocenters. The van der Waals surface area contributed by atoms with Crippen molar-refractivity contribution in [2.24, 2.45) is 0 Å². The van der Waals surface area contributed by atoms with Crippen molar-refractivity contribution in [3.8, 4) is 0 Å². The maximum atomic E-state index is 12.6. The normalized spacial score (nSPS) is 15.9. The van der Waals surface area contributed by atoms with Crippen LogP contribution >= 0.6 is 0 Å². The fourth-order valence-electron chi connectivity index (χ4n) is 4.40. The van der Waals surface area contributed by atoms with Crippen molar-refractivity contribution in [2.45, 2.75) is 50.3 Å². The predicted octanol–water partition coefficient (Wildman–Crippen LogP) is 2.57. The van der Waals surface area contributed by atoms with E-state index in [-0.39, 0.29) is 0 Å². The third kappa shape index (κ3) is 8.09. The third-order valence-electron chi connectivity index (χ3n) is 6.62. The van der Waals surface area contributed by atoms with Crippen LogP contribution in [0.4, 0.5) is 0 Å². The van der Waals surface area contributed by atoms with E-state index in [4.69, 9.17) is 0 Å². The fraction of sp³-hybridized carbons (Fsp3) is 0.538. The minimum Gasteiger partial charge on any atom is -0.301 e. The predicted molar refractivity (Wildman–Crippen MR) is 144 cm³/mol. The molecule has 0 atom stereocenters. The summed E-state index contributed by atoms with van der Waals surface area (Å²) in [4.78, 5) is 5.41. The molecule has 1 aliphatic heterocycles. The van der Waals surface area contributed by atoms with E-state index in [1.165, 1.54) is 0 Å². The zero-order valence-corrected chi connectivity index (χ0v) is 23.5. The first kappa shape index (κ1) is 28.7. The first-order chi connectivity index (χ1) is 17.0. The summed E-state index contributed by atoms with van der Waals surface area (Å²) >= 11 is 0. The van der Waals surface area contributed by atoms with Gasteiger partial charge in [0.1, 0.15) is 0 Å². The van der Waals surface area contributed by atoms with E-state index in [0.29, 0.717) is 22.9 Å². The highest BCUT2D eigenvalue weighted by atomic mass is 32.2. The largest absolute Gasteiger partial charge is 0.301 e. The summed E-state index contributed by atoms with van der Waals surface area (Å²) in [6.45, 7) is 13.6. The average Bonchev–Trinajstić information content (AvgIpc) is 2.83. The van der Waals surface area contributed by atoms with E-state index < -0.39 is 20.0 Å². The van der Waals surface area contributed by atoms with Gasteiger partial charge in [0, 0.05) is 39.3 Å². The molecule has 1 aliphatic rings. The average molecular weight is 537 g/mol. The first-order valence-electron chi connectivity index (χ1n) is 12.6. The Morgan fingerprint density at radius 1 is 0.639 bits per heavy atom. The van der Waals surface area contributed by atoms with E-state index in [2.05, 4.69) is 19.2 Å². The molecule has 2 N–H and O–H groups in total. The molecule has 2 aromatic rings. The smallest absolute Gasteiger partial charge is 0.240 e. The Morgan fingerprint density at radius 3 is 1.36 bits per heavy atom. The number of benzene rings is 2. The molecule has 8 nitrogen and oxygen atoms in total. The van der Waals surface area contributed by atoms with Crippen LogP contribution in [0, 0.1) is 27.7 Å². The van der Waals surface area contributed by atoms with Gasteiger partial charge < -0.3 is 9.80 Å². The molecule has 0 aromatic heterocycles. The summed E-state index contributed by atoms with van der Waals surface area (Å²) in [5, 5.41) is 0. The number of rotatable bonds is 12. The first-order valence-corrected chi connectivity index (χ1v) is 15.5. The van der Waals surface area contributed by atoms with Gasteiger partial charge in [-0.2, -0.15) is 0 Å². The van der Waals surface area contributed by atoms with Crippen molar-refractivity contribution in [1.29, 1.82) is 0 Å². The summed E-state index contributed by atoms with van der Waals surface area (Å²) in [6, 6.07) is 10.9. The van der Waals surface area contributed by atoms with Gasteiger partial charge in [-0.05, 0) is 88.0 Å². The molecular weight excluding hydrogens is 496 g/mol. The molecule has 36 heavy (non-hydrogen) atoms. The Balaban J connectivity index is 1.32. The van der Waals surface area contributed by atoms with Crippen molar-refractivity contribution in [3.05, 3.63) is 58.7 Å². The zero-order chi connectivity index (χ0) is 26.3. The maximum absolute atomic E-state index is 12.6. The van der Waals surface area contributed by atoms with E-state index in [1.54, 1.807) is 12.1 Å². The van der Waals surface area contributed by atoms with Crippen LogP contribution in [0.2, 0.25) is 0 Å².